The number of nitrogens with one attached hydrogen (secondary N) is 1. The number of aromatic nitrogens is 1. The minimum Gasteiger partial charge on any atom is -0.469 e. The Bertz CT molecular complexity index is 813. The lowest BCUT2D eigenvalue weighted by atomic mass is 10.1. The maximum atomic E-state index is 12.9. The Labute approximate surface area is 144 Å². The predicted octanol–water partition coefficient (Wildman–Crippen LogP) is 1.92. The number of nitrogens with zero attached hydrogens (tertiary/aromatic N) is 2. The number of carbonyl (C=O) groups is 2. The molecule has 24 heavy (non-hydrogen) atoms. The fraction of sp³-hybridized carbons (Fsp3) is 0.235. The van der Waals surface area contributed by atoms with Gasteiger partial charge in [0, 0.05) is 29.4 Å². The molecule has 0 radical (unpaired) electrons. The van der Waals surface area contributed by atoms with Gasteiger partial charge in [-0.2, -0.15) is 0 Å². The van der Waals surface area contributed by atoms with E-state index in [0.717, 1.165) is 0 Å². The van der Waals surface area contributed by atoms with Crippen molar-refractivity contribution >= 4 is 29.1 Å². The van der Waals surface area contributed by atoms with Crippen molar-refractivity contribution in [1.82, 2.24) is 4.98 Å². The molecule has 3 N–H and O–H groups in total. The molecule has 0 aliphatic carbocycles. The molecule has 2 rings (SSSR count). The summed E-state index contributed by atoms with van der Waals surface area (Å²) in [6, 6.07) is 9.33. The highest BCUT2D eigenvalue weighted by Gasteiger charge is 2.20. The highest BCUT2D eigenvalue weighted by atomic mass is 16.5. The van der Waals surface area contributed by atoms with Gasteiger partial charge in [0.1, 0.15) is 5.82 Å². The summed E-state index contributed by atoms with van der Waals surface area (Å²) < 4.78 is 26.3. The molecule has 0 unspecified atom stereocenters. The van der Waals surface area contributed by atoms with Crippen molar-refractivity contribution in [3.05, 3.63) is 48.2 Å². The minimum atomic E-state index is -2.40. The first-order valence-electron chi connectivity index (χ1n) is 8.68. The lowest BCUT2D eigenvalue weighted by Gasteiger charge is -2.21. The monoisotopic (exact) mass is 331 g/mol. The number of ether oxygens (including phenoxy) is 1. The van der Waals surface area contributed by atoms with Crippen molar-refractivity contribution < 1.29 is 18.4 Å². The topological polar surface area (TPSA) is 97.5 Å². The SMILES string of the molecule is [2H]C([2H])([2H])Nc1ccc(C(=O)N(CCC(=O)OC)c2ccccn2)cc1N. The zero-order chi connectivity index (χ0) is 20.0. The third-order valence-electron chi connectivity index (χ3n) is 3.37. The second-order valence-electron chi connectivity index (χ2n) is 4.90. The zero-order valence-electron chi connectivity index (χ0n) is 16.2. The van der Waals surface area contributed by atoms with E-state index in [0.29, 0.717) is 5.82 Å². The number of esters is 1. The normalized spacial score (nSPS) is 12.5. The van der Waals surface area contributed by atoms with Crippen LogP contribution in [0.1, 0.15) is 20.9 Å². The fourth-order valence-electron chi connectivity index (χ4n) is 2.10. The summed E-state index contributed by atoms with van der Waals surface area (Å²) in [4.78, 5) is 29.9. The van der Waals surface area contributed by atoms with Crippen LogP contribution in [0.4, 0.5) is 17.2 Å². The molecule has 1 aromatic carbocycles. The van der Waals surface area contributed by atoms with Gasteiger partial charge >= 0.3 is 5.97 Å². The molecule has 0 aliphatic heterocycles. The van der Waals surface area contributed by atoms with E-state index in [9.17, 15) is 9.59 Å². The van der Waals surface area contributed by atoms with E-state index in [4.69, 9.17) is 9.85 Å². The number of benzene rings is 1. The number of hydrogen-bond donors (Lipinski definition) is 2. The number of methoxy groups -OCH3 is 1. The summed E-state index contributed by atoms with van der Waals surface area (Å²) in [7, 11) is 1.27. The minimum absolute atomic E-state index is 0.00696. The van der Waals surface area contributed by atoms with Gasteiger partial charge in [0.2, 0.25) is 0 Å². The van der Waals surface area contributed by atoms with Gasteiger partial charge in [0.05, 0.1) is 24.9 Å². The maximum Gasteiger partial charge on any atom is 0.307 e. The van der Waals surface area contributed by atoms with Crippen LogP contribution in [-0.4, -0.2) is 37.5 Å². The predicted molar refractivity (Wildman–Crippen MR) is 92.9 cm³/mol. The van der Waals surface area contributed by atoms with Gasteiger partial charge in [-0.25, -0.2) is 4.98 Å². The molecule has 0 atom stereocenters. The van der Waals surface area contributed by atoms with Crippen molar-refractivity contribution in [2.24, 2.45) is 0 Å². The highest BCUT2D eigenvalue weighted by Crippen LogP contribution is 2.22. The third kappa shape index (κ3) is 4.01. The molecule has 0 spiro atoms. The smallest absolute Gasteiger partial charge is 0.307 e. The van der Waals surface area contributed by atoms with Crippen LogP contribution in [0.5, 0.6) is 0 Å². The number of pyridine rings is 1. The summed E-state index contributed by atoms with van der Waals surface area (Å²) in [6.07, 6.45) is 1.53. The molecule has 0 fully saturated rings. The van der Waals surface area contributed by atoms with Crippen molar-refractivity contribution in [1.29, 1.82) is 0 Å². The summed E-state index contributed by atoms with van der Waals surface area (Å²) >= 11 is 0. The van der Waals surface area contributed by atoms with E-state index < -0.39 is 18.9 Å². The Morgan fingerprint density at radius 1 is 1.38 bits per heavy atom. The number of carbonyl (C=O) groups excluding carboxylic acids is 2. The van der Waals surface area contributed by atoms with Gasteiger partial charge in [0.15, 0.2) is 0 Å². The van der Waals surface area contributed by atoms with Crippen LogP contribution in [0.3, 0.4) is 0 Å². The molecule has 0 saturated carbocycles. The van der Waals surface area contributed by atoms with Gasteiger partial charge in [-0.1, -0.05) is 6.07 Å². The van der Waals surface area contributed by atoms with Crippen LogP contribution in [0.15, 0.2) is 42.6 Å². The van der Waals surface area contributed by atoms with Crippen molar-refractivity contribution in [2.75, 3.05) is 36.6 Å². The summed E-state index contributed by atoms with van der Waals surface area (Å²) in [5.41, 5.74) is 6.43. The number of nitrogen functional groups attached to an aromatic ring is 1. The Morgan fingerprint density at radius 3 is 2.83 bits per heavy atom. The van der Waals surface area contributed by atoms with Crippen LogP contribution in [0, 0.1) is 0 Å². The van der Waals surface area contributed by atoms with E-state index in [-0.39, 0.29) is 29.9 Å². The van der Waals surface area contributed by atoms with Crippen LogP contribution < -0.4 is 16.0 Å². The first-order valence-corrected chi connectivity index (χ1v) is 7.18. The summed E-state index contributed by atoms with van der Waals surface area (Å²) in [5, 5.41) is 2.30. The van der Waals surface area contributed by atoms with E-state index in [1.807, 2.05) is 0 Å². The Hall–Kier alpha value is -3.09. The van der Waals surface area contributed by atoms with Gasteiger partial charge < -0.3 is 15.8 Å². The highest BCUT2D eigenvalue weighted by molar-refractivity contribution is 6.06. The molecule has 0 saturated heterocycles. The van der Waals surface area contributed by atoms with E-state index in [1.54, 1.807) is 18.2 Å². The lowest BCUT2D eigenvalue weighted by molar-refractivity contribution is -0.140. The third-order valence-corrected chi connectivity index (χ3v) is 3.37. The van der Waals surface area contributed by atoms with Crippen molar-refractivity contribution in [3.63, 3.8) is 0 Å². The van der Waals surface area contributed by atoms with Crippen LogP contribution in [0.2, 0.25) is 0 Å². The average molecular weight is 331 g/mol. The molecular formula is C17H20N4O3. The van der Waals surface area contributed by atoms with E-state index in [1.165, 1.54) is 36.4 Å². The number of amides is 1. The molecule has 126 valence electrons. The van der Waals surface area contributed by atoms with Gasteiger partial charge in [-0.15, -0.1) is 0 Å². The summed E-state index contributed by atoms with van der Waals surface area (Å²) in [6.45, 7) is -2.34. The van der Waals surface area contributed by atoms with Gasteiger partial charge in [-0.05, 0) is 30.3 Å². The van der Waals surface area contributed by atoms with Crippen LogP contribution in [-0.2, 0) is 9.53 Å². The van der Waals surface area contributed by atoms with Crippen LogP contribution >= 0.6 is 0 Å². The largest absolute Gasteiger partial charge is 0.469 e. The molecule has 7 heteroatoms. The van der Waals surface area contributed by atoms with Crippen LogP contribution in [0.25, 0.3) is 0 Å². The maximum absolute atomic E-state index is 12.9. The average Bonchev–Trinajstić information content (AvgIpc) is 2.63. The Kier molecular flexibility index (Phi) is 4.43. The first-order chi connectivity index (χ1) is 12.7. The number of rotatable bonds is 6. The molecule has 1 aromatic heterocycles. The quantitative estimate of drug-likeness (QED) is 0.620. The van der Waals surface area contributed by atoms with Crippen molar-refractivity contribution in [2.45, 2.75) is 6.42 Å². The number of hydrogen-bond acceptors (Lipinski definition) is 6. The molecule has 1 amide bonds. The standard InChI is InChI=1S/C17H20N4O3/c1-19-14-7-6-12(11-13(14)18)17(23)21(10-8-16(22)24-2)15-5-3-4-9-20-15/h3-7,9,11,19H,8,10,18H2,1-2H3/i1D3. The molecule has 2 aromatic rings. The molecule has 1 heterocycles. The van der Waals surface area contributed by atoms with Gasteiger partial charge in [-0.3, -0.25) is 14.5 Å². The first kappa shape index (κ1) is 13.4. The number of anilines is 3. The zero-order valence-corrected chi connectivity index (χ0v) is 13.2. The fourth-order valence-corrected chi connectivity index (χ4v) is 2.10. The van der Waals surface area contributed by atoms with Gasteiger partial charge in [0.25, 0.3) is 5.91 Å². The molecule has 0 aliphatic rings. The Balaban J connectivity index is 2.29. The Morgan fingerprint density at radius 2 is 2.21 bits per heavy atom. The second-order valence-corrected chi connectivity index (χ2v) is 4.90. The summed E-state index contributed by atoms with van der Waals surface area (Å²) in [5.74, 6) is -0.514. The lowest BCUT2D eigenvalue weighted by Crippen LogP contribution is -2.34. The molecule has 7 nitrogen and oxygen atoms in total. The molecule has 0 bridgehead atoms. The van der Waals surface area contributed by atoms with Crippen molar-refractivity contribution in [3.8, 4) is 0 Å². The second kappa shape index (κ2) is 7.96. The number of nitrogens with two attached hydrogens (primary N) is 1. The van der Waals surface area contributed by atoms with E-state index in [2.05, 4.69) is 15.0 Å². The van der Waals surface area contributed by atoms with E-state index >= 15 is 0 Å². The molecular weight excluding hydrogens is 308 g/mol.